The number of likely N-dealkylation sites (N-methyl/N-ethyl adjacent to an activating group) is 1. The summed E-state index contributed by atoms with van der Waals surface area (Å²) in [7, 11) is 0. The average Bonchev–Trinajstić information content (AvgIpc) is 2.48. The van der Waals surface area contributed by atoms with Crippen molar-refractivity contribution in [1.29, 1.82) is 0 Å². The lowest BCUT2D eigenvalue weighted by Crippen LogP contribution is -2.27. The van der Waals surface area contributed by atoms with Crippen LogP contribution in [0.15, 0.2) is 42.5 Å². The summed E-state index contributed by atoms with van der Waals surface area (Å²) >= 11 is 5.80. The number of benzene rings is 2. The molecular formula is C16H16ClF2NO. The lowest BCUT2D eigenvalue weighted by molar-refractivity contribution is 0.263. The third-order valence-corrected chi connectivity index (χ3v) is 3.29. The second-order valence-electron chi connectivity index (χ2n) is 4.52. The van der Waals surface area contributed by atoms with Gasteiger partial charge in [0.05, 0.1) is 6.04 Å². The van der Waals surface area contributed by atoms with Gasteiger partial charge in [-0.05, 0) is 36.9 Å². The van der Waals surface area contributed by atoms with Crippen molar-refractivity contribution in [2.75, 3.05) is 13.2 Å². The van der Waals surface area contributed by atoms with Gasteiger partial charge in [0.25, 0.3) is 0 Å². The summed E-state index contributed by atoms with van der Waals surface area (Å²) in [6, 6.07) is 10.6. The maximum Gasteiger partial charge on any atom is 0.163 e. The molecule has 2 aromatic rings. The molecule has 0 saturated heterocycles. The fourth-order valence-corrected chi connectivity index (χ4v) is 2.13. The van der Waals surface area contributed by atoms with Crippen molar-refractivity contribution in [3.8, 4) is 5.75 Å². The maximum atomic E-state index is 13.9. The van der Waals surface area contributed by atoms with E-state index in [1.54, 1.807) is 30.3 Å². The Labute approximate surface area is 127 Å². The zero-order valence-corrected chi connectivity index (χ0v) is 12.3. The van der Waals surface area contributed by atoms with E-state index in [9.17, 15) is 8.78 Å². The van der Waals surface area contributed by atoms with Gasteiger partial charge in [-0.3, -0.25) is 0 Å². The SMILES string of the molecule is CCNC(COc1ccc(Cl)cc1)c1cccc(F)c1F. The molecule has 0 heterocycles. The molecule has 2 nitrogen and oxygen atoms in total. The molecule has 2 rings (SSSR count). The Balaban J connectivity index is 2.12. The van der Waals surface area contributed by atoms with Gasteiger partial charge >= 0.3 is 0 Å². The van der Waals surface area contributed by atoms with Crippen molar-refractivity contribution in [2.45, 2.75) is 13.0 Å². The normalized spacial score (nSPS) is 12.2. The Hall–Kier alpha value is -1.65. The third kappa shape index (κ3) is 4.16. The largest absolute Gasteiger partial charge is 0.492 e. The molecule has 1 atom stereocenters. The molecule has 0 amide bonds. The van der Waals surface area contributed by atoms with E-state index in [1.807, 2.05) is 6.92 Å². The number of hydrogen-bond acceptors (Lipinski definition) is 2. The number of ether oxygens (including phenoxy) is 1. The second-order valence-corrected chi connectivity index (χ2v) is 4.95. The van der Waals surface area contributed by atoms with E-state index in [4.69, 9.17) is 16.3 Å². The molecule has 0 aliphatic rings. The van der Waals surface area contributed by atoms with Crippen LogP contribution in [0.2, 0.25) is 5.02 Å². The van der Waals surface area contributed by atoms with Crippen LogP contribution in [0.5, 0.6) is 5.75 Å². The fraction of sp³-hybridized carbons (Fsp3) is 0.250. The molecule has 0 radical (unpaired) electrons. The van der Waals surface area contributed by atoms with E-state index in [2.05, 4.69) is 5.32 Å². The number of halogens is 3. The molecule has 0 fully saturated rings. The lowest BCUT2D eigenvalue weighted by Gasteiger charge is -2.19. The van der Waals surface area contributed by atoms with Crippen molar-refractivity contribution in [2.24, 2.45) is 0 Å². The molecule has 0 aliphatic heterocycles. The first-order valence-electron chi connectivity index (χ1n) is 6.67. The third-order valence-electron chi connectivity index (χ3n) is 3.04. The summed E-state index contributed by atoms with van der Waals surface area (Å²) in [5.41, 5.74) is 0.255. The molecule has 5 heteroatoms. The van der Waals surface area contributed by atoms with E-state index < -0.39 is 17.7 Å². The average molecular weight is 312 g/mol. The van der Waals surface area contributed by atoms with Crippen molar-refractivity contribution in [3.63, 3.8) is 0 Å². The minimum Gasteiger partial charge on any atom is -0.492 e. The summed E-state index contributed by atoms with van der Waals surface area (Å²) in [6.45, 7) is 2.70. The predicted octanol–water partition coefficient (Wildman–Crippen LogP) is 4.35. The molecule has 0 aromatic heterocycles. The van der Waals surface area contributed by atoms with Gasteiger partial charge < -0.3 is 10.1 Å². The van der Waals surface area contributed by atoms with Crippen molar-refractivity contribution >= 4 is 11.6 Å². The molecule has 0 aliphatic carbocycles. The van der Waals surface area contributed by atoms with Gasteiger partial charge in [0.1, 0.15) is 12.4 Å². The van der Waals surface area contributed by atoms with Crippen LogP contribution in [-0.2, 0) is 0 Å². The summed E-state index contributed by atoms with van der Waals surface area (Å²) in [4.78, 5) is 0. The predicted molar refractivity (Wildman–Crippen MR) is 79.7 cm³/mol. The van der Waals surface area contributed by atoms with E-state index >= 15 is 0 Å². The first-order valence-corrected chi connectivity index (χ1v) is 7.05. The zero-order chi connectivity index (χ0) is 15.2. The van der Waals surface area contributed by atoms with Crippen LogP contribution < -0.4 is 10.1 Å². The minimum atomic E-state index is -0.859. The van der Waals surface area contributed by atoms with E-state index in [0.29, 0.717) is 17.3 Å². The van der Waals surface area contributed by atoms with Crippen molar-refractivity contribution in [1.82, 2.24) is 5.32 Å². The van der Waals surface area contributed by atoms with Crippen LogP contribution in [0.4, 0.5) is 8.78 Å². The van der Waals surface area contributed by atoms with Crippen LogP contribution in [0.3, 0.4) is 0 Å². The highest BCUT2D eigenvalue weighted by atomic mass is 35.5. The number of nitrogens with one attached hydrogen (secondary N) is 1. The topological polar surface area (TPSA) is 21.3 Å². The van der Waals surface area contributed by atoms with Crippen LogP contribution in [0, 0.1) is 11.6 Å². The summed E-state index contributed by atoms with van der Waals surface area (Å²) in [5, 5.41) is 3.70. The maximum absolute atomic E-state index is 13.9. The Bertz CT molecular complexity index is 589. The van der Waals surface area contributed by atoms with Gasteiger partial charge in [0.2, 0.25) is 0 Å². The van der Waals surface area contributed by atoms with Crippen LogP contribution >= 0.6 is 11.6 Å². The Morgan fingerprint density at radius 2 is 1.86 bits per heavy atom. The highest BCUT2D eigenvalue weighted by Gasteiger charge is 2.18. The quantitative estimate of drug-likeness (QED) is 0.856. The molecule has 21 heavy (non-hydrogen) atoms. The molecular weight excluding hydrogens is 296 g/mol. The number of rotatable bonds is 6. The van der Waals surface area contributed by atoms with Gasteiger partial charge in [-0.1, -0.05) is 30.7 Å². The van der Waals surface area contributed by atoms with Gasteiger partial charge in [-0.15, -0.1) is 0 Å². The Morgan fingerprint density at radius 1 is 1.14 bits per heavy atom. The van der Waals surface area contributed by atoms with Crippen LogP contribution in [-0.4, -0.2) is 13.2 Å². The Kier molecular flexibility index (Phi) is 5.53. The molecule has 0 saturated carbocycles. The fourth-order valence-electron chi connectivity index (χ4n) is 2.01. The summed E-state index contributed by atoms with van der Waals surface area (Å²) in [5.74, 6) is -1.08. The first kappa shape index (κ1) is 15.7. The number of hydrogen-bond donors (Lipinski definition) is 1. The van der Waals surface area contributed by atoms with E-state index in [1.165, 1.54) is 6.07 Å². The molecule has 1 N–H and O–H groups in total. The summed E-state index contributed by atoms with van der Waals surface area (Å²) < 4.78 is 32.8. The zero-order valence-electron chi connectivity index (χ0n) is 11.6. The van der Waals surface area contributed by atoms with Crippen LogP contribution in [0.1, 0.15) is 18.5 Å². The van der Waals surface area contributed by atoms with Crippen molar-refractivity contribution < 1.29 is 13.5 Å². The van der Waals surface area contributed by atoms with Gasteiger partial charge in [-0.25, -0.2) is 8.78 Å². The van der Waals surface area contributed by atoms with Crippen molar-refractivity contribution in [3.05, 3.63) is 64.7 Å². The van der Waals surface area contributed by atoms with Gasteiger partial charge in [0, 0.05) is 10.6 Å². The second kappa shape index (κ2) is 7.38. The molecule has 0 bridgehead atoms. The smallest absolute Gasteiger partial charge is 0.163 e. The van der Waals surface area contributed by atoms with Gasteiger partial charge in [-0.2, -0.15) is 0 Å². The molecule has 0 spiro atoms. The van der Waals surface area contributed by atoms with Gasteiger partial charge in [0.15, 0.2) is 11.6 Å². The Morgan fingerprint density at radius 3 is 2.52 bits per heavy atom. The first-order chi connectivity index (χ1) is 10.1. The highest BCUT2D eigenvalue weighted by Crippen LogP contribution is 2.22. The monoisotopic (exact) mass is 311 g/mol. The molecule has 2 aromatic carbocycles. The van der Waals surface area contributed by atoms with E-state index in [0.717, 1.165) is 6.07 Å². The summed E-state index contributed by atoms with van der Waals surface area (Å²) in [6.07, 6.45) is 0. The van der Waals surface area contributed by atoms with Crippen LogP contribution in [0.25, 0.3) is 0 Å². The molecule has 112 valence electrons. The minimum absolute atomic E-state index is 0.190. The standard InChI is InChI=1S/C16H16ClF2NO/c1-2-20-15(13-4-3-5-14(18)16(13)19)10-21-12-8-6-11(17)7-9-12/h3-9,15,20H,2,10H2,1H3. The molecule has 1 unspecified atom stereocenters. The lowest BCUT2D eigenvalue weighted by atomic mass is 10.1. The highest BCUT2D eigenvalue weighted by molar-refractivity contribution is 6.30. The van der Waals surface area contributed by atoms with E-state index in [-0.39, 0.29) is 12.2 Å².